The van der Waals surface area contributed by atoms with E-state index >= 15 is 0 Å². The van der Waals surface area contributed by atoms with Gasteiger partial charge in [-0.15, -0.1) is 24.9 Å². The number of nitrogens with two attached hydrogens (primary N) is 1. The van der Waals surface area contributed by atoms with Crippen LogP contribution in [0, 0.1) is 0 Å². The lowest BCUT2D eigenvalue weighted by molar-refractivity contribution is -0.274. The number of thioether (sulfide) groups is 1. The van der Waals surface area contributed by atoms with Gasteiger partial charge in [-0.25, -0.2) is 0 Å². The SMILES string of the molecule is CC(C)(C)Sc1ccccc1[C@H](N)c1ccc(OC(F)(F)F)cc1. The molecule has 0 saturated carbocycles. The zero-order valence-corrected chi connectivity index (χ0v) is 14.5. The van der Waals surface area contributed by atoms with Crippen molar-refractivity contribution < 1.29 is 17.9 Å². The fourth-order valence-corrected chi connectivity index (χ4v) is 3.34. The monoisotopic (exact) mass is 355 g/mol. The van der Waals surface area contributed by atoms with Crippen molar-refractivity contribution in [3.05, 3.63) is 59.7 Å². The standard InChI is InChI=1S/C18H20F3NOS/c1-17(2,3)24-15-7-5-4-6-14(15)16(22)12-8-10-13(11-9-12)23-18(19,20)21/h4-11,16H,22H2,1-3H3/t16-/m1/s1. The smallest absolute Gasteiger partial charge is 0.406 e. The molecule has 130 valence electrons. The van der Waals surface area contributed by atoms with E-state index in [1.54, 1.807) is 23.9 Å². The summed E-state index contributed by atoms with van der Waals surface area (Å²) in [6, 6.07) is 13.1. The molecule has 2 aromatic rings. The molecule has 0 fully saturated rings. The molecule has 0 aliphatic carbocycles. The van der Waals surface area contributed by atoms with Crippen molar-refractivity contribution in [1.29, 1.82) is 0 Å². The summed E-state index contributed by atoms with van der Waals surface area (Å²) in [6.45, 7) is 6.34. The fourth-order valence-electron chi connectivity index (χ4n) is 2.22. The van der Waals surface area contributed by atoms with Crippen molar-refractivity contribution >= 4 is 11.8 Å². The minimum Gasteiger partial charge on any atom is -0.406 e. The molecule has 1 atom stereocenters. The molecule has 0 aliphatic rings. The summed E-state index contributed by atoms with van der Waals surface area (Å²) >= 11 is 1.71. The Morgan fingerprint density at radius 1 is 0.958 bits per heavy atom. The zero-order chi connectivity index (χ0) is 18.0. The van der Waals surface area contributed by atoms with E-state index in [0.717, 1.165) is 16.0 Å². The molecular formula is C18H20F3NOS. The average molecular weight is 355 g/mol. The summed E-state index contributed by atoms with van der Waals surface area (Å²) < 4.78 is 40.6. The highest BCUT2D eigenvalue weighted by Gasteiger charge is 2.31. The molecule has 2 rings (SSSR count). The predicted octanol–water partition coefficient (Wildman–Crippen LogP) is 5.52. The molecule has 0 spiro atoms. The van der Waals surface area contributed by atoms with Crippen LogP contribution in [-0.4, -0.2) is 11.1 Å². The van der Waals surface area contributed by atoms with Crippen LogP contribution in [-0.2, 0) is 0 Å². The summed E-state index contributed by atoms with van der Waals surface area (Å²) in [5, 5.41) is 0. The lowest BCUT2D eigenvalue weighted by Crippen LogP contribution is -2.17. The molecule has 0 aliphatic heterocycles. The Labute approximate surface area is 144 Å². The van der Waals surface area contributed by atoms with E-state index in [1.165, 1.54) is 12.1 Å². The predicted molar refractivity (Wildman–Crippen MR) is 91.2 cm³/mol. The first-order valence-electron chi connectivity index (χ1n) is 7.44. The Hall–Kier alpha value is -1.66. The Kier molecular flexibility index (Phi) is 5.50. The van der Waals surface area contributed by atoms with Crippen LogP contribution < -0.4 is 10.5 Å². The Bertz CT molecular complexity index is 678. The molecule has 0 heterocycles. The van der Waals surface area contributed by atoms with Gasteiger partial charge in [0, 0.05) is 9.64 Å². The topological polar surface area (TPSA) is 35.2 Å². The second-order valence-electron chi connectivity index (χ2n) is 6.35. The van der Waals surface area contributed by atoms with Gasteiger partial charge < -0.3 is 10.5 Å². The minimum absolute atomic E-state index is 0.0280. The van der Waals surface area contributed by atoms with Crippen molar-refractivity contribution in [3.63, 3.8) is 0 Å². The van der Waals surface area contributed by atoms with Gasteiger partial charge in [-0.1, -0.05) is 51.1 Å². The highest BCUT2D eigenvalue weighted by atomic mass is 32.2. The summed E-state index contributed by atoms with van der Waals surface area (Å²) in [5.74, 6) is -0.254. The van der Waals surface area contributed by atoms with Crippen molar-refractivity contribution in [1.82, 2.24) is 0 Å². The van der Waals surface area contributed by atoms with Gasteiger partial charge in [0.25, 0.3) is 0 Å². The van der Waals surface area contributed by atoms with E-state index < -0.39 is 12.4 Å². The highest BCUT2D eigenvalue weighted by Crippen LogP contribution is 2.37. The molecule has 2 N–H and O–H groups in total. The van der Waals surface area contributed by atoms with Gasteiger partial charge in [0.05, 0.1) is 6.04 Å². The first-order chi connectivity index (χ1) is 11.1. The maximum Gasteiger partial charge on any atom is 0.573 e. The number of benzene rings is 2. The number of alkyl halides is 3. The van der Waals surface area contributed by atoms with Gasteiger partial charge >= 0.3 is 6.36 Å². The Morgan fingerprint density at radius 2 is 1.54 bits per heavy atom. The van der Waals surface area contributed by atoms with Crippen molar-refractivity contribution in [2.75, 3.05) is 0 Å². The molecule has 0 bridgehead atoms. The molecule has 0 aromatic heterocycles. The third-order valence-electron chi connectivity index (χ3n) is 3.14. The molecule has 2 aromatic carbocycles. The zero-order valence-electron chi connectivity index (χ0n) is 13.7. The fraction of sp³-hybridized carbons (Fsp3) is 0.333. The Morgan fingerprint density at radius 3 is 2.08 bits per heavy atom. The molecule has 0 amide bonds. The maximum atomic E-state index is 12.2. The van der Waals surface area contributed by atoms with Crippen molar-refractivity contribution in [2.24, 2.45) is 5.73 Å². The Balaban J connectivity index is 2.24. The second-order valence-corrected chi connectivity index (χ2v) is 8.22. The number of rotatable bonds is 4. The van der Waals surface area contributed by atoms with Crippen LogP contribution in [0.25, 0.3) is 0 Å². The first kappa shape index (κ1) is 18.7. The van der Waals surface area contributed by atoms with Crippen LogP contribution in [0.5, 0.6) is 5.75 Å². The van der Waals surface area contributed by atoms with Gasteiger partial charge in [-0.3, -0.25) is 0 Å². The quantitative estimate of drug-likeness (QED) is 0.733. The molecular weight excluding hydrogens is 335 g/mol. The van der Waals surface area contributed by atoms with E-state index in [9.17, 15) is 13.2 Å². The van der Waals surface area contributed by atoms with E-state index in [1.807, 2.05) is 24.3 Å². The average Bonchev–Trinajstić information content (AvgIpc) is 2.44. The van der Waals surface area contributed by atoms with Gasteiger partial charge in [0.2, 0.25) is 0 Å². The van der Waals surface area contributed by atoms with Gasteiger partial charge in [0.1, 0.15) is 5.75 Å². The van der Waals surface area contributed by atoms with Crippen LogP contribution in [0.15, 0.2) is 53.4 Å². The van der Waals surface area contributed by atoms with Gasteiger partial charge in [0.15, 0.2) is 0 Å². The molecule has 0 saturated heterocycles. The highest BCUT2D eigenvalue weighted by molar-refractivity contribution is 8.00. The molecule has 6 heteroatoms. The third kappa shape index (κ3) is 5.46. The minimum atomic E-state index is -4.69. The lowest BCUT2D eigenvalue weighted by atomic mass is 9.99. The normalized spacial score (nSPS) is 13.6. The van der Waals surface area contributed by atoms with Crippen LogP contribution in [0.4, 0.5) is 13.2 Å². The van der Waals surface area contributed by atoms with Gasteiger partial charge in [-0.2, -0.15) is 0 Å². The summed E-state index contributed by atoms with van der Waals surface area (Å²) in [4.78, 5) is 1.06. The molecule has 0 radical (unpaired) electrons. The van der Waals surface area contributed by atoms with Crippen LogP contribution in [0.3, 0.4) is 0 Å². The van der Waals surface area contributed by atoms with Gasteiger partial charge in [-0.05, 0) is 29.3 Å². The van der Waals surface area contributed by atoms with E-state index in [2.05, 4.69) is 25.5 Å². The first-order valence-corrected chi connectivity index (χ1v) is 8.26. The van der Waals surface area contributed by atoms with Crippen LogP contribution in [0.2, 0.25) is 0 Å². The van der Waals surface area contributed by atoms with E-state index in [0.29, 0.717) is 0 Å². The second kappa shape index (κ2) is 7.07. The van der Waals surface area contributed by atoms with E-state index in [-0.39, 0.29) is 10.5 Å². The molecule has 24 heavy (non-hydrogen) atoms. The van der Waals surface area contributed by atoms with Crippen molar-refractivity contribution in [2.45, 2.75) is 42.8 Å². The number of hydrogen-bond donors (Lipinski definition) is 1. The maximum absolute atomic E-state index is 12.2. The molecule has 2 nitrogen and oxygen atoms in total. The third-order valence-corrected chi connectivity index (χ3v) is 4.35. The van der Waals surface area contributed by atoms with Crippen molar-refractivity contribution in [3.8, 4) is 5.75 Å². The van der Waals surface area contributed by atoms with Crippen LogP contribution in [0.1, 0.15) is 37.9 Å². The summed E-state index contributed by atoms with van der Waals surface area (Å²) in [6.07, 6.45) is -4.69. The number of hydrogen-bond acceptors (Lipinski definition) is 3. The summed E-state index contributed by atoms with van der Waals surface area (Å²) in [7, 11) is 0. The number of halogens is 3. The largest absolute Gasteiger partial charge is 0.573 e. The van der Waals surface area contributed by atoms with Crippen LogP contribution >= 0.6 is 11.8 Å². The summed E-state index contributed by atoms with van der Waals surface area (Å²) in [5.41, 5.74) is 8.01. The lowest BCUT2D eigenvalue weighted by Gasteiger charge is -2.22. The number of ether oxygens (including phenoxy) is 1. The van der Waals surface area contributed by atoms with E-state index in [4.69, 9.17) is 5.73 Å². The molecule has 0 unspecified atom stereocenters.